The molecule has 3 aliphatic rings. The van der Waals surface area contributed by atoms with E-state index >= 15 is 0 Å². The van der Waals surface area contributed by atoms with Crippen LogP contribution in [0.1, 0.15) is 50.5 Å². The van der Waals surface area contributed by atoms with E-state index in [1.807, 2.05) is 30.3 Å². The Balaban J connectivity index is 1.38. The number of benzene rings is 1. The predicted molar refractivity (Wildman–Crippen MR) is 115 cm³/mol. The molecular weight excluding hydrogens is 396 g/mol. The number of amides is 2. The fraction of sp³-hybridized carbons (Fsp3) is 0.667. The normalized spacial score (nSPS) is 29.6. The topological polar surface area (TPSA) is 88.1 Å². The van der Waals surface area contributed by atoms with E-state index in [1.54, 1.807) is 4.90 Å². The molecular formula is C24H34N2O5. The number of hydrogen-bond acceptors (Lipinski definition) is 5. The fourth-order valence-electron chi connectivity index (χ4n) is 5.06. The van der Waals surface area contributed by atoms with Crippen LogP contribution in [0.15, 0.2) is 30.3 Å². The minimum atomic E-state index is -0.712. The summed E-state index contributed by atoms with van der Waals surface area (Å²) in [6, 6.07) is 9.81. The van der Waals surface area contributed by atoms with Crippen molar-refractivity contribution in [3.8, 4) is 0 Å². The van der Waals surface area contributed by atoms with E-state index in [4.69, 9.17) is 9.47 Å². The maximum absolute atomic E-state index is 13.1. The van der Waals surface area contributed by atoms with Crippen molar-refractivity contribution in [3.05, 3.63) is 35.9 Å². The van der Waals surface area contributed by atoms with Crippen LogP contribution in [0.5, 0.6) is 0 Å². The van der Waals surface area contributed by atoms with Gasteiger partial charge in [-0.2, -0.15) is 0 Å². The maximum Gasteiger partial charge on any atom is 0.227 e. The second-order valence-corrected chi connectivity index (χ2v) is 9.09. The number of fused-ring (bicyclic) bond motifs is 1. The molecule has 0 bridgehead atoms. The van der Waals surface area contributed by atoms with E-state index in [1.165, 1.54) is 12.8 Å². The third kappa shape index (κ3) is 6.05. The summed E-state index contributed by atoms with van der Waals surface area (Å²) in [5.41, 5.74) is 0.954. The number of carbonyl (C=O) groups excluding carboxylic acids is 2. The van der Waals surface area contributed by atoms with Gasteiger partial charge in [-0.25, -0.2) is 0 Å². The minimum absolute atomic E-state index is 0.0109. The SMILES string of the molecule is O=C(C[C@H]1CC[C@@H]2[C@H](COC[C@@H](O)CN2C(=O)Cc2ccccc2)O1)NC1CCCC1. The quantitative estimate of drug-likeness (QED) is 0.744. The Bertz CT molecular complexity index is 737. The van der Waals surface area contributed by atoms with Gasteiger partial charge in [0.2, 0.25) is 11.8 Å². The Morgan fingerprint density at radius 3 is 2.61 bits per heavy atom. The molecule has 4 rings (SSSR count). The molecule has 2 aliphatic heterocycles. The number of aliphatic hydroxyl groups is 1. The summed E-state index contributed by atoms with van der Waals surface area (Å²) in [5, 5.41) is 13.4. The standard InChI is InChI=1S/C24H34N2O5/c27-19-14-26(24(29)12-17-6-2-1-3-7-17)21-11-10-20(31-22(21)16-30-15-19)13-23(28)25-18-8-4-5-9-18/h1-3,6-7,18-22,27H,4-5,8-16H2,(H,25,28)/t19-,20+,21+,22-/m0/s1. The van der Waals surface area contributed by atoms with Crippen LogP contribution in [-0.2, 0) is 25.5 Å². The number of β-amino-alcohol motifs (C(OH)–C–C–N with tert-alkyl or cyclic N) is 1. The van der Waals surface area contributed by atoms with E-state index in [0.717, 1.165) is 24.8 Å². The average molecular weight is 431 g/mol. The van der Waals surface area contributed by atoms with Gasteiger partial charge in [0.25, 0.3) is 0 Å². The van der Waals surface area contributed by atoms with Crippen LogP contribution in [-0.4, -0.2) is 72.0 Å². The Morgan fingerprint density at radius 1 is 1.06 bits per heavy atom. The molecule has 7 heteroatoms. The van der Waals surface area contributed by atoms with Crippen molar-refractivity contribution in [1.29, 1.82) is 0 Å². The van der Waals surface area contributed by atoms with Gasteiger partial charge in [-0.3, -0.25) is 9.59 Å². The van der Waals surface area contributed by atoms with Crippen molar-refractivity contribution in [2.24, 2.45) is 0 Å². The monoisotopic (exact) mass is 430 g/mol. The first-order valence-electron chi connectivity index (χ1n) is 11.6. The van der Waals surface area contributed by atoms with Crippen LogP contribution in [0, 0.1) is 0 Å². The summed E-state index contributed by atoms with van der Waals surface area (Å²) in [4.78, 5) is 27.4. The molecule has 2 heterocycles. The van der Waals surface area contributed by atoms with Gasteiger partial charge in [-0.05, 0) is 31.2 Å². The number of nitrogens with one attached hydrogen (secondary N) is 1. The Labute approximate surface area is 184 Å². The van der Waals surface area contributed by atoms with Crippen molar-refractivity contribution in [1.82, 2.24) is 10.2 Å². The Kier molecular flexibility index (Phi) is 7.58. The van der Waals surface area contributed by atoms with Gasteiger partial charge >= 0.3 is 0 Å². The highest BCUT2D eigenvalue weighted by atomic mass is 16.5. The molecule has 2 N–H and O–H groups in total. The molecule has 1 saturated carbocycles. The molecule has 31 heavy (non-hydrogen) atoms. The van der Waals surface area contributed by atoms with Crippen LogP contribution in [0.2, 0.25) is 0 Å². The van der Waals surface area contributed by atoms with Gasteiger partial charge in [-0.15, -0.1) is 0 Å². The van der Waals surface area contributed by atoms with Crippen LogP contribution in [0.3, 0.4) is 0 Å². The minimum Gasteiger partial charge on any atom is -0.389 e. The molecule has 1 aromatic rings. The third-order valence-corrected chi connectivity index (χ3v) is 6.63. The number of nitrogens with zero attached hydrogens (tertiary/aromatic N) is 1. The van der Waals surface area contributed by atoms with Gasteiger partial charge in [-0.1, -0.05) is 43.2 Å². The maximum atomic E-state index is 13.1. The molecule has 7 nitrogen and oxygen atoms in total. The lowest BCUT2D eigenvalue weighted by molar-refractivity contribution is -0.169. The number of ether oxygens (including phenoxy) is 2. The van der Waals surface area contributed by atoms with Crippen molar-refractivity contribution in [2.75, 3.05) is 19.8 Å². The van der Waals surface area contributed by atoms with E-state index in [2.05, 4.69) is 5.32 Å². The molecule has 2 amide bonds. The predicted octanol–water partition coefficient (Wildman–Crippen LogP) is 1.81. The second-order valence-electron chi connectivity index (χ2n) is 9.09. The summed E-state index contributed by atoms with van der Waals surface area (Å²) in [7, 11) is 0. The largest absolute Gasteiger partial charge is 0.389 e. The zero-order valence-corrected chi connectivity index (χ0v) is 18.1. The van der Waals surface area contributed by atoms with Gasteiger partial charge in [0.1, 0.15) is 6.10 Å². The van der Waals surface area contributed by atoms with Crippen molar-refractivity contribution >= 4 is 11.8 Å². The molecule has 4 atom stereocenters. The molecule has 1 aromatic carbocycles. The van der Waals surface area contributed by atoms with Gasteiger partial charge in [0.05, 0.1) is 44.3 Å². The number of rotatable bonds is 5. The molecule has 0 aromatic heterocycles. The van der Waals surface area contributed by atoms with Gasteiger partial charge in [0.15, 0.2) is 0 Å². The summed E-state index contributed by atoms with van der Waals surface area (Å²) in [6.45, 7) is 0.731. The first-order valence-corrected chi connectivity index (χ1v) is 11.6. The summed E-state index contributed by atoms with van der Waals surface area (Å²) in [5.74, 6) is 0.0396. The lowest BCUT2D eigenvalue weighted by Crippen LogP contribution is -2.58. The lowest BCUT2D eigenvalue weighted by atomic mass is 9.94. The first kappa shape index (κ1) is 22.2. The summed E-state index contributed by atoms with van der Waals surface area (Å²) < 4.78 is 11.9. The summed E-state index contributed by atoms with van der Waals surface area (Å²) in [6.07, 6.45) is 5.43. The van der Waals surface area contributed by atoms with E-state index < -0.39 is 6.10 Å². The zero-order valence-electron chi connectivity index (χ0n) is 18.1. The first-order chi connectivity index (χ1) is 15.1. The smallest absolute Gasteiger partial charge is 0.227 e. The Morgan fingerprint density at radius 2 is 1.84 bits per heavy atom. The molecule has 3 fully saturated rings. The third-order valence-electron chi connectivity index (χ3n) is 6.63. The van der Waals surface area contributed by atoms with Crippen molar-refractivity contribution in [2.45, 2.75) is 81.8 Å². The molecule has 0 radical (unpaired) electrons. The number of aliphatic hydroxyl groups excluding tert-OH is 1. The van der Waals surface area contributed by atoms with E-state index in [-0.39, 0.29) is 43.2 Å². The highest BCUT2D eigenvalue weighted by Crippen LogP contribution is 2.28. The highest BCUT2D eigenvalue weighted by molar-refractivity contribution is 5.79. The van der Waals surface area contributed by atoms with Crippen LogP contribution in [0.25, 0.3) is 0 Å². The summed E-state index contributed by atoms with van der Waals surface area (Å²) >= 11 is 0. The molecule has 2 saturated heterocycles. The number of carbonyl (C=O) groups is 2. The van der Waals surface area contributed by atoms with Gasteiger partial charge < -0.3 is 24.8 Å². The zero-order chi connectivity index (χ0) is 21.6. The molecule has 0 unspecified atom stereocenters. The molecule has 0 spiro atoms. The highest BCUT2D eigenvalue weighted by Gasteiger charge is 2.40. The van der Waals surface area contributed by atoms with Crippen molar-refractivity contribution < 1.29 is 24.2 Å². The van der Waals surface area contributed by atoms with E-state index in [0.29, 0.717) is 31.9 Å². The number of hydrogen-bond donors (Lipinski definition) is 2. The van der Waals surface area contributed by atoms with Crippen LogP contribution >= 0.6 is 0 Å². The van der Waals surface area contributed by atoms with Crippen LogP contribution < -0.4 is 5.32 Å². The molecule has 1 aliphatic carbocycles. The van der Waals surface area contributed by atoms with Crippen LogP contribution in [0.4, 0.5) is 0 Å². The van der Waals surface area contributed by atoms with Crippen molar-refractivity contribution in [3.63, 3.8) is 0 Å². The second kappa shape index (κ2) is 10.6. The van der Waals surface area contributed by atoms with E-state index in [9.17, 15) is 14.7 Å². The van der Waals surface area contributed by atoms with Gasteiger partial charge in [0, 0.05) is 12.6 Å². The molecule has 170 valence electrons. The lowest BCUT2D eigenvalue weighted by Gasteiger charge is -2.44. The average Bonchev–Trinajstić information content (AvgIpc) is 3.25. The fourth-order valence-corrected chi connectivity index (χ4v) is 5.06. The Hall–Kier alpha value is -1.96.